The first-order valence-electron chi connectivity index (χ1n) is 8.20. The van der Waals surface area contributed by atoms with Gasteiger partial charge in [0.1, 0.15) is 0 Å². The Balaban J connectivity index is 1.72. The van der Waals surface area contributed by atoms with Gasteiger partial charge < -0.3 is 5.32 Å². The number of rotatable bonds is 5. The molecule has 1 atom stereocenters. The lowest BCUT2D eigenvalue weighted by atomic mass is 10.1. The normalized spacial score (nSPS) is 18.0. The highest BCUT2D eigenvalue weighted by Gasteiger charge is 2.28. The van der Waals surface area contributed by atoms with Crippen LogP contribution in [0.15, 0.2) is 30.3 Å². The molecule has 3 rings (SSSR count). The molecule has 6 nitrogen and oxygen atoms in total. The summed E-state index contributed by atoms with van der Waals surface area (Å²) in [5, 5.41) is 7.83. The molecule has 1 aromatic carbocycles. The van der Waals surface area contributed by atoms with E-state index in [9.17, 15) is 8.42 Å². The maximum Gasteiger partial charge on any atom is 0.235 e. The monoisotopic (exact) mass is 348 g/mol. The van der Waals surface area contributed by atoms with Gasteiger partial charge in [0.25, 0.3) is 0 Å². The first-order chi connectivity index (χ1) is 11.4. The zero-order valence-electron chi connectivity index (χ0n) is 14.4. The lowest BCUT2D eigenvalue weighted by Gasteiger charge is -2.20. The number of nitrogens with one attached hydrogen (secondary N) is 1. The van der Waals surface area contributed by atoms with Gasteiger partial charge in [-0.2, -0.15) is 5.10 Å². The second-order valence-corrected chi connectivity index (χ2v) is 8.35. The van der Waals surface area contributed by atoms with Crippen LogP contribution in [0.1, 0.15) is 36.3 Å². The Hall–Kier alpha value is -1.86. The number of benzene rings is 1. The highest BCUT2D eigenvalue weighted by atomic mass is 32.2. The molecule has 1 unspecified atom stereocenters. The zero-order chi connectivity index (χ0) is 17.3. The van der Waals surface area contributed by atoms with Crippen molar-refractivity contribution in [3.63, 3.8) is 0 Å². The second kappa shape index (κ2) is 6.57. The number of anilines is 1. The minimum Gasteiger partial charge on any atom is -0.305 e. The van der Waals surface area contributed by atoms with Crippen molar-refractivity contribution in [3.8, 4) is 0 Å². The largest absolute Gasteiger partial charge is 0.305 e. The van der Waals surface area contributed by atoms with E-state index in [1.165, 1.54) is 4.31 Å². The molecule has 24 heavy (non-hydrogen) atoms. The van der Waals surface area contributed by atoms with Gasteiger partial charge in [0.2, 0.25) is 10.0 Å². The van der Waals surface area contributed by atoms with Crippen LogP contribution >= 0.6 is 0 Å². The van der Waals surface area contributed by atoms with Crippen LogP contribution < -0.4 is 9.62 Å². The minimum absolute atomic E-state index is 0.116. The van der Waals surface area contributed by atoms with Gasteiger partial charge in [-0.3, -0.25) is 8.99 Å². The maximum absolute atomic E-state index is 12.1. The van der Waals surface area contributed by atoms with E-state index in [1.54, 1.807) is 0 Å². The van der Waals surface area contributed by atoms with Crippen LogP contribution in [-0.4, -0.2) is 30.5 Å². The Labute approximate surface area is 143 Å². The van der Waals surface area contributed by atoms with E-state index in [1.807, 2.05) is 42.9 Å². The summed E-state index contributed by atoms with van der Waals surface area (Å²) in [5.74, 6) is 0.241. The average molecular weight is 348 g/mol. The summed E-state index contributed by atoms with van der Waals surface area (Å²) >= 11 is 0. The number of hydrogen-bond donors (Lipinski definition) is 1. The van der Waals surface area contributed by atoms with Crippen LogP contribution in [-0.2, 0) is 23.6 Å². The summed E-state index contributed by atoms with van der Waals surface area (Å²) in [5.41, 5.74) is 3.96. The van der Waals surface area contributed by atoms with Gasteiger partial charge >= 0.3 is 0 Å². The Morgan fingerprint density at radius 3 is 2.75 bits per heavy atom. The Bertz CT molecular complexity index is 829. The molecular formula is C17H24N4O2S. The summed E-state index contributed by atoms with van der Waals surface area (Å²) in [7, 11) is -1.20. The summed E-state index contributed by atoms with van der Waals surface area (Å²) < 4.78 is 27.6. The Kier molecular flexibility index (Phi) is 4.64. The van der Waals surface area contributed by atoms with Gasteiger partial charge in [0.05, 0.1) is 22.8 Å². The van der Waals surface area contributed by atoms with Crippen LogP contribution in [0.4, 0.5) is 5.69 Å². The Morgan fingerprint density at radius 1 is 1.33 bits per heavy atom. The van der Waals surface area contributed by atoms with Gasteiger partial charge in [-0.25, -0.2) is 8.42 Å². The van der Waals surface area contributed by atoms with Crippen molar-refractivity contribution in [3.05, 3.63) is 47.3 Å². The van der Waals surface area contributed by atoms with E-state index in [0.29, 0.717) is 19.5 Å². The molecule has 2 heterocycles. The molecule has 0 aliphatic carbocycles. The second-order valence-electron chi connectivity index (χ2n) is 6.34. The van der Waals surface area contributed by atoms with E-state index in [0.717, 1.165) is 22.6 Å². The first-order valence-corrected chi connectivity index (χ1v) is 9.81. The molecular weight excluding hydrogens is 324 g/mol. The van der Waals surface area contributed by atoms with Crippen LogP contribution in [0.2, 0.25) is 0 Å². The SMILES string of the molecule is Cc1cc(CNC(C)c2cccc(N3CCCS3(=O)=O)c2)n(C)n1. The smallest absolute Gasteiger partial charge is 0.235 e. The predicted octanol–water partition coefficient (Wildman–Crippen LogP) is 2.12. The third-order valence-electron chi connectivity index (χ3n) is 4.45. The van der Waals surface area contributed by atoms with E-state index in [-0.39, 0.29) is 11.8 Å². The van der Waals surface area contributed by atoms with E-state index < -0.39 is 10.0 Å². The summed E-state index contributed by atoms with van der Waals surface area (Å²) in [6.07, 6.45) is 0.695. The highest BCUT2D eigenvalue weighted by molar-refractivity contribution is 7.93. The van der Waals surface area contributed by atoms with Crippen molar-refractivity contribution in [2.24, 2.45) is 7.05 Å². The van der Waals surface area contributed by atoms with E-state index >= 15 is 0 Å². The molecule has 0 bridgehead atoms. The molecule has 130 valence electrons. The first kappa shape index (κ1) is 17.0. The number of hydrogen-bond acceptors (Lipinski definition) is 4. The third-order valence-corrected chi connectivity index (χ3v) is 6.32. The van der Waals surface area contributed by atoms with Crippen LogP contribution in [0.25, 0.3) is 0 Å². The molecule has 1 N–H and O–H groups in total. The maximum atomic E-state index is 12.1. The van der Waals surface area contributed by atoms with Crippen molar-refractivity contribution in [1.82, 2.24) is 15.1 Å². The molecule has 2 aromatic rings. The summed E-state index contributed by atoms with van der Waals surface area (Å²) in [6, 6.07) is 9.96. The predicted molar refractivity (Wildman–Crippen MR) is 95.4 cm³/mol. The average Bonchev–Trinajstić information content (AvgIpc) is 3.05. The highest BCUT2D eigenvalue weighted by Crippen LogP contribution is 2.26. The molecule has 1 saturated heterocycles. The van der Waals surface area contributed by atoms with Gasteiger partial charge in [-0.05, 0) is 44.0 Å². The fraction of sp³-hybridized carbons (Fsp3) is 0.471. The van der Waals surface area contributed by atoms with Crippen molar-refractivity contribution in [2.45, 2.75) is 32.9 Å². The fourth-order valence-corrected chi connectivity index (χ4v) is 4.64. The van der Waals surface area contributed by atoms with Crippen LogP contribution in [0.3, 0.4) is 0 Å². The van der Waals surface area contributed by atoms with Crippen molar-refractivity contribution in [2.75, 3.05) is 16.6 Å². The van der Waals surface area contributed by atoms with Gasteiger partial charge in [0, 0.05) is 26.2 Å². The Morgan fingerprint density at radius 2 is 2.12 bits per heavy atom. The zero-order valence-corrected chi connectivity index (χ0v) is 15.2. The number of sulfonamides is 1. The molecule has 0 saturated carbocycles. The number of nitrogens with zero attached hydrogens (tertiary/aromatic N) is 3. The topological polar surface area (TPSA) is 67.2 Å². The standard InChI is InChI=1S/C17H24N4O2S/c1-13-10-17(20(3)19-13)12-18-14(2)15-6-4-7-16(11-15)21-8-5-9-24(21,22)23/h4,6-7,10-11,14,18H,5,8-9,12H2,1-3H3. The lowest BCUT2D eigenvalue weighted by Crippen LogP contribution is -2.25. The summed E-state index contributed by atoms with van der Waals surface area (Å²) in [4.78, 5) is 0. The van der Waals surface area contributed by atoms with Gasteiger partial charge in [0.15, 0.2) is 0 Å². The molecule has 0 radical (unpaired) electrons. The minimum atomic E-state index is -3.14. The molecule has 1 aliphatic rings. The van der Waals surface area contributed by atoms with Crippen molar-refractivity contribution in [1.29, 1.82) is 0 Å². The fourth-order valence-electron chi connectivity index (χ4n) is 3.08. The van der Waals surface area contributed by atoms with Crippen LogP contribution in [0, 0.1) is 6.92 Å². The lowest BCUT2D eigenvalue weighted by molar-refractivity contribution is 0.548. The molecule has 0 spiro atoms. The molecule has 7 heteroatoms. The molecule has 0 amide bonds. The van der Waals surface area contributed by atoms with Crippen LogP contribution in [0.5, 0.6) is 0 Å². The molecule has 1 aromatic heterocycles. The summed E-state index contributed by atoms with van der Waals surface area (Å²) in [6.45, 7) is 5.35. The van der Waals surface area contributed by atoms with Crippen molar-refractivity contribution < 1.29 is 8.42 Å². The molecule has 1 aliphatic heterocycles. The quantitative estimate of drug-likeness (QED) is 0.899. The molecule has 1 fully saturated rings. The van der Waals surface area contributed by atoms with E-state index in [2.05, 4.69) is 23.4 Å². The third kappa shape index (κ3) is 3.47. The number of aryl methyl sites for hydroxylation is 2. The van der Waals surface area contributed by atoms with Gasteiger partial charge in [-0.1, -0.05) is 12.1 Å². The van der Waals surface area contributed by atoms with Gasteiger partial charge in [-0.15, -0.1) is 0 Å². The van der Waals surface area contributed by atoms with E-state index in [4.69, 9.17) is 0 Å². The number of aromatic nitrogens is 2. The van der Waals surface area contributed by atoms with Crippen molar-refractivity contribution >= 4 is 15.7 Å².